The highest BCUT2D eigenvalue weighted by Crippen LogP contribution is 2.47. The molecule has 0 saturated heterocycles. The van der Waals surface area contributed by atoms with Gasteiger partial charge in [-0.1, -0.05) is 63.2 Å². The summed E-state index contributed by atoms with van der Waals surface area (Å²) in [5.41, 5.74) is 7.64. The van der Waals surface area contributed by atoms with Gasteiger partial charge in [0.25, 0.3) is 0 Å². The van der Waals surface area contributed by atoms with E-state index in [2.05, 4.69) is 20.8 Å². The van der Waals surface area contributed by atoms with Crippen LogP contribution in [0.3, 0.4) is 0 Å². The lowest BCUT2D eigenvalue weighted by molar-refractivity contribution is 0.501. The van der Waals surface area contributed by atoms with Gasteiger partial charge in [-0.3, -0.25) is 4.57 Å². The molecule has 134 valence electrons. The Hall–Kier alpha value is -2.51. The Labute approximate surface area is 155 Å². The topological polar surface area (TPSA) is 52.3 Å². The molecule has 0 radical (unpaired) electrons. The van der Waals surface area contributed by atoms with Crippen LogP contribution in [0.15, 0.2) is 78.9 Å². The van der Waals surface area contributed by atoms with E-state index in [0.29, 0.717) is 22.0 Å². The van der Waals surface area contributed by atoms with Gasteiger partial charge >= 0.3 is 7.37 Å². The second-order valence-electron chi connectivity index (χ2n) is 7.32. The minimum atomic E-state index is -3.33. The molecule has 0 aliphatic rings. The number of hydrogen-bond donors (Lipinski definition) is 1. The molecule has 0 fully saturated rings. The summed E-state index contributed by atoms with van der Waals surface area (Å²) >= 11 is 0. The Bertz CT molecular complexity index is 888. The van der Waals surface area contributed by atoms with E-state index >= 15 is 0 Å². The smallest absolute Gasteiger partial charge is 0.306 e. The third-order valence-corrected chi connectivity index (χ3v) is 6.71. The van der Waals surface area contributed by atoms with E-state index < -0.39 is 7.37 Å². The Balaban J connectivity index is 2.13. The van der Waals surface area contributed by atoms with Crippen molar-refractivity contribution in [1.82, 2.24) is 0 Å². The molecule has 3 rings (SSSR count). The first kappa shape index (κ1) is 18.3. The molecule has 0 amide bonds. The molecule has 0 spiro atoms. The Morgan fingerprint density at radius 3 is 1.77 bits per heavy atom. The van der Waals surface area contributed by atoms with Crippen LogP contribution in [0, 0.1) is 0 Å². The summed E-state index contributed by atoms with van der Waals surface area (Å²) in [6, 6.07) is 24.3. The summed E-state index contributed by atoms with van der Waals surface area (Å²) in [6.45, 7) is 6.36. The maximum atomic E-state index is 14.0. The van der Waals surface area contributed by atoms with Crippen molar-refractivity contribution in [1.29, 1.82) is 0 Å². The highest BCUT2D eigenvalue weighted by atomic mass is 31.2. The van der Waals surface area contributed by atoms with Crippen LogP contribution in [0.1, 0.15) is 26.3 Å². The zero-order valence-electron chi connectivity index (χ0n) is 15.3. The number of nitrogen functional groups attached to an aromatic ring is 1. The van der Waals surface area contributed by atoms with Crippen LogP contribution in [0.25, 0.3) is 0 Å². The van der Waals surface area contributed by atoms with Crippen molar-refractivity contribution in [2.75, 3.05) is 5.73 Å². The number of hydrogen-bond acceptors (Lipinski definition) is 3. The molecule has 0 bridgehead atoms. The Morgan fingerprint density at radius 2 is 1.31 bits per heavy atom. The van der Waals surface area contributed by atoms with Crippen LogP contribution in [0.5, 0.6) is 5.75 Å². The summed E-state index contributed by atoms with van der Waals surface area (Å²) in [7, 11) is -3.33. The van der Waals surface area contributed by atoms with E-state index in [4.69, 9.17) is 10.3 Å². The predicted molar refractivity (Wildman–Crippen MR) is 110 cm³/mol. The van der Waals surface area contributed by atoms with Crippen molar-refractivity contribution in [3.8, 4) is 5.75 Å². The van der Waals surface area contributed by atoms with Gasteiger partial charge in [-0.2, -0.15) is 0 Å². The summed E-state index contributed by atoms with van der Waals surface area (Å²) in [5.74, 6) is 0.452. The molecule has 0 atom stereocenters. The van der Waals surface area contributed by atoms with Crippen molar-refractivity contribution >= 4 is 23.7 Å². The maximum absolute atomic E-state index is 14.0. The SMILES string of the molecule is CC(C)(C)c1ccc(N)c(OP(=O)(c2ccccc2)c2ccccc2)c1. The Kier molecular flexibility index (Phi) is 4.93. The van der Waals surface area contributed by atoms with Crippen LogP contribution >= 0.6 is 7.37 Å². The molecule has 0 aliphatic heterocycles. The molecule has 4 heteroatoms. The normalized spacial score (nSPS) is 12.0. The fourth-order valence-electron chi connectivity index (χ4n) is 2.72. The summed E-state index contributed by atoms with van der Waals surface area (Å²) in [4.78, 5) is 0. The average Bonchev–Trinajstić information content (AvgIpc) is 2.64. The van der Waals surface area contributed by atoms with Crippen molar-refractivity contribution in [2.45, 2.75) is 26.2 Å². The van der Waals surface area contributed by atoms with Crippen molar-refractivity contribution in [2.24, 2.45) is 0 Å². The van der Waals surface area contributed by atoms with Gasteiger partial charge in [0, 0.05) is 0 Å². The molecule has 0 unspecified atom stereocenters. The van der Waals surface area contributed by atoms with E-state index in [1.807, 2.05) is 78.9 Å². The highest BCUT2D eigenvalue weighted by molar-refractivity contribution is 7.74. The van der Waals surface area contributed by atoms with Crippen molar-refractivity contribution < 1.29 is 9.09 Å². The third kappa shape index (κ3) is 3.68. The van der Waals surface area contributed by atoms with E-state index in [-0.39, 0.29) is 5.41 Å². The van der Waals surface area contributed by atoms with Crippen LogP contribution < -0.4 is 20.9 Å². The van der Waals surface area contributed by atoms with E-state index in [9.17, 15) is 4.57 Å². The van der Waals surface area contributed by atoms with Gasteiger partial charge in [0.05, 0.1) is 16.3 Å². The maximum Gasteiger partial charge on any atom is 0.306 e. The molecule has 0 aromatic heterocycles. The minimum Gasteiger partial charge on any atom is -0.435 e. The zero-order chi connectivity index (χ0) is 18.8. The van der Waals surface area contributed by atoms with Crippen molar-refractivity contribution in [3.05, 3.63) is 84.4 Å². The van der Waals surface area contributed by atoms with Crippen LogP contribution in [0.4, 0.5) is 5.69 Å². The van der Waals surface area contributed by atoms with Crippen LogP contribution in [-0.4, -0.2) is 0 Å². The molecule has 3 nitrogen and oxygen atoms in total. The monoisotopic (exact) mass is 365 g/mol. The molecular formula is C22H24NO2P. The van der Waals surface area contributed by atoms with Gasteiger partial charge in [-0.25, -0.2) is 0 Å². The highest BCUT2D eigenvalue weighted by Gasteiger charge is 2.31. The number of nitrogens with two attached hydrogens (primary N) is 1. The lowest BCUT2D eigenvalue weighted by Gasteiger charge is -2.24. The first-order valence-electron chi connectivity index (χ1n) is 8.61. The van der Waals surface area contributed by atoms with Crippen LogP contribution in [-0.2, 0) is 9.98 Å². The number of benzene rings is 3. The van der Waals surface area contributed by atoms with Gasteiger partial charge < -0.3 is 10.3 Å². The van der Waals surface area contributed by atoms with Crippen LogP contribution in [0.2, 0.25) is 0 Å². The molecule has 0 aliphatic carbocycles. The first-order valence-corrected chi connectivity index (χ1v) is 10.2. The molecule has 3 aromatic carbocycles. The zero-order valence-corrected chi connectivity index (χ0v) is 16.2. The van der Waals surface area contributed by atoms with E-state index in [1.165, 1.54) is 0 Å². The fraction of sp³-hybridized carbons (Fsp3) is 0.182. The molecular weight excluding hydrogens is 341 g/mol. The standard InChI is InChI=1S/C22H24NO2P/c1-22(2,3)17-14-15-20(23)21(16-17)25-26(24,18-10-6-4-7-11-18)19-12-8-5-9-13-19/h4-16H,23H2,1-3H3. The largest absolute Gasteiger partial charge is 0.435 e. The fourth-order valence-corrected chi connectivity index (χ4v) is 4.79. The predicted octanol–water partition coefficient (Wildman–Crippen LogP) is 4.87. The molecule has 3 aromatic rings. The number of anilines is 1. The minimum absolute atomic E-state index is 0.0602. The van der Waals surface area contributed by atoms with E-state index in [0.717, 1.165) is 5.56 Å². The van der Waals surface area contributed by atoms with Gasteiger partial charge in [0.1, 0.15) is 0 Å². The van der Waals surface area contributed by atoms with Gasteiger partial charge in [0.2, 0.25) is 0 Å². The molecule has 0 heterocycles. The third-order valence-electron chi connectivity index (χ3n) is 4.30. The Morgan fingerprint density at radius 1 is 0.808 bits per heavy atom. The average molecular weight is 365 g/mol. The summed E-state index contributed by atoms with van der Waals surface area (Å²) in [6.07, 6.45) is 0. The lowest BCUT2D eigenvalue weighted by Crippen LogP contribution is -2.20. The molecule has 2 N–H and O–H groups in total. The quantitative estimate of drug-likeness (QED) is 0.530. The van der Waals surface area contributed by atoms with Crippen molar-refractivity contribution in [3.63, 3.8) is 0 Å². The van der Waals surface area contributed by atoms with E-state index in [1.54, 1.807) is 0 Å². The summed E-state index contributed by atoms with van der Waals surface area (Å²) in [5, 5.41) is 1.29. The molecule has 0 saturated carbocycles. The lowest BCUT2D eigenvalue weighted by atomic mass is 9.87. The summed E-state index contributed by atoms with van der Waals surface area (Å²) < 4.78 is 20.2. The number of rotatable bonds is 4. The van der Waals surface area contributed by atoms with Gasteiger partial charge in [-0.15, -0.1) is 0 Å². The van der Waals surface area contributed by atoms with Gasteiger partial charge in [0.15, 0.2) is 5.75 Å². The first-order chi connectivity index (χ1) is 12.3. The van der Waals surface area contributed by atoms with Gasteiger partial charge in [-0.05, 0) is 47.4 Å². The second-order valence-corrected chi connectivity index (χ2v) is 9.63. The second kappa shape index (κ2) is 7.01. The molecule has 26 heavy (non-hydrogen) atoms.